The lowest BCUT2D eigenvalue weighted by Crippen LogP contribution is -2.64. The molecule has 2 N–H and O–H groups in total. The molecular formula is C13H26N2O3S. The summed E-state index contributed by atoms with van der Waals surface area (Å²) in [5, 5.41) is 0. The quantitative estimate of drug-likeness (QED) is 0.811. The van der Waals surface area contributed by atoms with Crippen molar-refractivity contribution in [3.05, 3.63) is 0 Å². The van der Waals surface area contributed by atoms with Crippen LogP contribution in [0.1, 0.15) is 32.1 Å². The van der Waals surface area contributed by atoms with E-state index in [0.717, 1.165) is 32.1 Å². The van der Waals surface area contributed by atoms with Crippen LogP contribution in [0.25, 0.3) is 0 Å². The van der Waals surface area contributed by atoms with Gasteiger partial charge in [0.2, 0.25) is 0 Å². The lowest BCUT2D eigenvalue weighted by molar-refractivity contribution is -0.0773. The van der Waals surface area contributed by atoms with Gasteiger partial charge in [-0.15, -0.1) is 0 Å². The number of likely N-dealkylation sites (N-methyl/N-ethyl adjacent to an activating group) is 1. The van der Waals surface area contributed by atoms with Crippen LogP contribution in [-0.2, 0) is 14.6 Å². The molecule has 3 unspecified atom stereocenters. The lowest BCUT2D eigenvalue weighted by atomic mass is 9.77. The third kappa shape index (κ3) is 2.82. The maximum absolute atomic E-state index is 11.7. The summed E-state index contributed by atoms with van der Waals surface area (Å²) in [7, 11) is 0.898. The minimum absolute atomic E-state index is 0.0873. The van der Waals surface area contributed by atoms with E-state index in [4.69, 9.17) is 10.5 Å². The van der Waals surface area contributed by atoms with E-state index < -0.39 is 9.84 Å². The molecule has 0 radical (unpaired) electrons. The molecule has 1 saturated heterocycles. The van der Waals surface area contributed by atoms with Gasteiger partial charge in [0.05, 0.1) is 23.1 Å². The van der Waals surface area contributed by atoms with Gasteiger partial charge in [-0.25, -0.2) is 8.42 Å². The fraction of sp³-hybridized carbons (Fsp3) is 1.00. The molecular weight excluding hydrogens is 264 g/mol. The van der Waals surface area contributed by atoms with Crippen molar-refractivity contribution in [2.75, 3.05) is 32.2 Å². The molecule has 0 amide bonds. The standard InChI is InChI=1S/C13H26N2O3S/c1-15(11-6-8-19(16,17)9-11)13(10-14)7-4-3-5-12(13)18-2/h11-12H,3-10,14H2,1-2H3. The molecule has 2 aliphatic rings. The van der Waals surface area contributed by atoms with E-state index in [1.54, 1.807) is 7.11 Å². The van der Waals surface area contributed by atoms with E-state index in [0.29, 0.717) is 12.3 Å². The van der Waals surface area contributed by atoms with Gasteiger partial charge in [0.1, 0.15) is 0 Å². The van der Waals surface area contributed by atoms with Gasteiger partial charge >= 0.3 is 0 Å². The third-order valence-electron chi connectivity index (χ3n) is 5.02. The van der Waals surface area contributed by atoms with Crippen molar-refractivity contribution in [1.29, 1.82) is 0 Å². The molecule has 2 rings (SSSR count). The number of ether oxygens (including phenoxy) is 1. The van der Waals surface area contributed by atoms with Crippen LogP contribution < -0.4 is 5.73 Å². The van der Waals surface area contributed by atoms with Crippen molar-refractivity contribution in [2.45, 2.75) is 49.8 Å². The minimum atomic E-state index is -2.86. The molecule has 0 aromatic heterocycles. The molecule has 112 valence electrons. The van der Waals surface area contributed by atoms with Crippen LogP contribution in [0, 0.1) is 0 Å². The molecule has 1 saturated carbocycles. The summed E-state index contributed by atoms with van der Waals surface area (Å²) >= 11 is 0. The van der Waals surface area contributed by atoms with Gasteiger partial charge in [-0.05, 0) is 26.3 Å². The summed E-state index contributed by atoms with van der Waals surface area (Å²) in [5.74, 6) is 0.571. The van der Waals surface area contributed by atoms with Crippen molar-refractivity contribution < 1.29 is 13.2 Å². The molecule has 19 heavy (non-hydrogen) atoms. The highest BCUT2D eigenvalue weighted by Gasteiger charge is 2.47. The first kappa shape index (κ1) is 15.2. The van der Waals surface area contributed by atoms with Crippen molar-refractivity contribution in [3.8, 4) is 0 Å². The van der Waals surface area contributed by atoms with Crippen LogP contribution >= 0.6 is 0 Å². The molecule has 3 atom stereocenters. The van der Waals surface area contributed by atoms with Crippen molar-refractivity contribution in [3.63, 3.8) is 0 Å². The van der Waals surface area contributed by atoms with Gasteiger partial charge in [-0.1, -0.05) is 12.8 Å². The third-order valence-corrected chi connectivity index (χ3v) is 6.77. The van der Waals surface area contributed by atoms with E-state index in [-0.39, 0.29) is 23.4 Å². The summed E-state index contributed by atoms with van der Waals surface area (Å²) in [6.07, 6.45) is 5.14. The highest BCUT2D eigenvalue weighted by molar-refractivity contribution is 7.91. The predicted molar refractivity (Wildman–Crippen MR) is 75.9 cm³/mol. The molecule has 6 heteroatoms. The number of hydrogen-bond donors (Lipinski definition) is 1. The van der Waals surface area contributed by atoms with Crippen LogP contribution in [0.2, 0.25) is 0 Å². The second-order valence-electron chi connectivity index (χ2n) is 5.95. The van der Waals surface area contributed by atoms with Gasteiger partial charge in [0.25, 0.3) is 0 Å². The largest absolute Gasteiger partial charge is 0.379 e. The van der Waals surface area contributed by atoms with Crippen LogP contribution in [0.4, 0.5) is 0 Å². The Hall–Kier alpha value is -0.170. The van der Waals surface area contributed by atoms with Gasteiger partial charge < -0.3 is 10.5 Å². The predicted octanol–water partition coefficient (Wildman–Crippen LogP) is 0.392. The Morgan fingerprint density at radius 3 is 2.63 bits per heavy atom. The number of nitrogens with two attached hydrogens (primary N) is 1. The molecule has 5 nitrogen and oxygen atoms in total. The maximum Gasteiger partial charge on any atom is 0.151 e. The summed E-state index contributed by atoms with van der Waals surface area (Å²) < 4.78 is 29.0. The Morgan fingerprint density at radius 1 is 1.37 bits per heavy atom. The Kier molecular flexibility index (Phi) is 4.55. The molecule has 1 aliphatic heterocycles. The first-order chi connectivity index (χ1) is 8.95. The van der Waals surface area contributed by atoms with Crippen molar-refractivity contribution >= 4 is 9.84 Å². The Bertz CT molecular complexity index is 412. The molecule has 0 spiro atoms. The normalized spacial score (nSPS) is 38.7. The monoisotopic (exact) mass is 290 g/mol. The van der Waals surface area contributed by atoms with Gasteiger partial charge in [-0.3, -0.25) is 4.90 Å². The number of methoxy groups -OCH3 is 1. The second-order valence-corrected chi connectivity index (χ2v) is 8.17. The zero-order valence-electron chi connectivity index (χ0n) is 12.0. The van der Waals surface area contributed by atoms with Crippen LogP contribution in [0.5, 0.6) is 0 Å². The van der Waals surface area contributed by atoms with Crippen LogP contribution in [0.15, 0.2) is 0 Å². The Labute approximate surface area is 116 Å². The van der Waals surface area contributed by atoms with E-state index in [9.17, 15) is 8.42 Å². The number of sulfone groups is 1. The Balaban J connectivity index is 2.20. The molecule has 0 aromatic carbocycles. The highest BCUT2D eigenvalue weighted by Crippen LogP contribution is 2.37. The fourth-order valence-corrected chi connectivity index (χ4v) is 5.53. The SMILES string of the molecule is COC1CCCCC1(CN)N(C)C1CCS(=O)(=O)C1. The van der Waals surface area contributed by atoms with E-state index in [1.165, 1.54) is 0 Å². The van der Waals surface area contributed by atoms with Gasteiger partial charge in [-0.2, -0.15) is 0 Å². The number of nitrogens with zero attached hydrogens (tertiary/aromatic N) is 1. The van der Waals surface area contributed by atoms with E-state index in [2.05, 4.69) is 4.90 Å². The smallest absolute Gasteiger partial charge is 0.151 e. The van der Waals surface area contributed by atoms with Crippen LogP contribution in [0.3, 0.4) is 0 Å². The van der Waals surface area contributed by atoms with Crippen molar-refractivity contribution in [2.24, 2.45) is 5.73 Å². The first-order valence-corrected chi connectivity index (χ1v) is 8.93. The Morgan fingerprint density at radius 2 is 2.11 bits per heavy atom. The van der Waals surface area contributed by atoms with Gasteiger partial charge in [0.15, 0.2) is 9.84 Å². The van der Waals surface area contributed by atoms with Crippen molar-refractivity contribution in [1.82, 2.24) is 4.90 Å². The van der Waals surface area contributed by atoms with E-state index >= 15 is 0 Å². The second kappa shape index (κ2) is 5.68. The molecule has 0 aromatic rings. The van der Waals surface area contributed by atoms with Gasteiger partial charge in [0, 0.05) is 19.7 Å². The highest BCUT2D eigenvalue weighted by atomic mass is 32.2. The summed E-state index contributed by atoms with van der Waals surface area (Å²) in [4.78, 5) is 2.21. The minimum Gasteiger partial charge on any atom is -0.379 e. The zero-order chi connectivity index (χ0) is 14.1. The zero-order valence-corrected chi connectivity index (χ0v) is 12.8. The fourth-order valence-electron chi connectivity index (χ4n) is 3.75. The van der Waals surface area contributed by atoms with E-state index in [1.807, 2.05) is 7.05 Å². The lowest BCUT2D eigenvalue weighted by Gasteiger charge is -2.50. The number of hydrogen-bond acceptors (Lipinski definition) is 5. The molecule has 1 heterocycles. The molecule has 2 fully saturated rings. The average molecular weight is 290 g/mol. The summed E-state index contributed by atoms with van der Waals surface area (Å²) in [6.45, 7) is 0.526. The maximum atomic E-state index is 11.7. The first-order valence-electron chi connectivity index (χ1n) is 7.11. The summed E-state index contributed by atoms with van der Waals surface area (Å²) in [6, 6.07) is 0.0873. The number of rotatable bonds is 4. The average Bonchev–Trinajstić information content (AvgIpc) is 2.77. The molecule has 0 bridgehead atoms. The summed E-state index contributed by atoms with van der Waals surface area (Å²) in [5.41, 5.74) is 5.87. The molecule has 1 aliphatic carbocycles. The van der Waals surface area contributed by atoms with Crippen LogP contribution in [-0.4, -0.2) is 63.2 Å². The topological polar surface area (TPSA) is 72.6 Å².